The lowest BCUT2D eigenvalue weighted by Gasteiger charge is -2.62. The summed E-state index contributed by atoms with van der Waals surface area (Å²) >= 11 is 0. The molecule has 0 aromatic carbocycles. The standard InChI is InChI=1S/C20H28O2/c1-12-9-20-10-13(12)5-6-15(20)18(2)7-4-8-19(3)16(18)14(11-20)22-17(19)21/h13-16H,1,4-11H2,2-3H3. The molecular formula is C20H28O2. The highest BCUT2D eigenvalue weighted by Crippen LogP contribution is 2.74. The van der Waals surface area contributed by atoms with Gasteiger partial charge in [0.1, 0.15) is 6.10 Å². The Labute approximate surface area is 133 Å². The lowest BCUT2D eigenvalue weighted by Crippen LogP contribution is -2.59. The second-order valence-electron chi connectivity index (χ2n) is 9.63. The number of rotatable bonds is 0. The van der Waals surface area contributed by atoms with Crippen molar-refractivity contribution in [3.05, 3.63) is 12.2 Å². The summed E-state index contributed by atoms with van der Waals surface area (Å²) in [4.78, 5) is 12.6. The van der Waals surface area contributed by atoms with Crippen molar-refractivity contribution in [1.29, 1.82) is 0 Å². The molecule has 0 amide bonds. The maximum absolute atomic E-state index is 12.6. The fourth-order valence-corrected chi connectivity index (χ4v) is 8.11. The molecule has 1 spiro atoms. The van der Waals surface area contributed by atoms with Gasteiger partial charge >= 0.3 is 5.97 Å². The molecule has 2 nitrogen and oxygen atoms in total. The zero-order valence-corrected chi connectivity index (χ0v) is 14.0. The van der Waals surface area contributed by atoms with Crippen LogP contribution in [0.1, 0.15) is 65.2 Å². The van der Waals surface area contributed by atoms with E-state index >= 15 is 0 Å². The molecule has 1 saturated heterocycles. The third-order valence-corrected chi connectivity index (χ3v) is 8.66. The van der Waals surface area contributed by atoms with Crippen LogP contribution in [0.3, 0.4) is 0 Å². The van der Waals surface area contributed by atoms with Gasteiger partial charge in [0.25, 0.3) is 0 Å². The second-order valence-corrected chi connectivity index (χ2v) is 9.63. The lowest BCUT2D eigenvalue weighted by molar-refractivity contribution is -0.157. The van der Waals surface area contributed by atoms with E-state index in [1.165, 1.54) is 44.1 Å². The van der Waals surface area contributed by atoms with Crippen molar-refractivity contribution in [2.75, 3.05) is 0 Å². The number of fused-ring (bicyclic) bond motifs is 2. The monoisotopic (exact) mass is 300 g/mol. The van der Waals surface area contributed by atoms with Crippen LogP contribution in [-0.4, -0.2) is 12.1 Å². The Balaban J connectivity index is 1.65. The van der Waals surface area contributed by atoms with Crippen LogP contribution in [0.5, 0.6) is 0 Å². The third-order valence-electron chi connectivity index (χ3n) is 8.66. The molecule has 120 valence electrons. The number of hydrogen-bond acceptors (Lipinski definition) is 2. The predicted molar refractivity (Wildman–Crippen MR) is 85.1 cm³/mol. The maximum Gasteiger partial charge on any atom is 0.312 e. The van der Waals surface area contributed by atoms with Crippen molar-refractivity contribution in [2.45, 2.75) is 71.3 Å². The van der Waals surface area contributed by atoms with Crippen molar-refractivity contribution >= 4 is 5.97 Å². The molecule has 5 aliphatic rings. The van der Waals surface area contributed by atoms with E-state index in [1.807, 2.05) is 0 Å². The van der Waals surface area contributed by atoms with Crippen LogP contribution in [-0.2, 0) is 9.53 Å². The molecule has 22 heavy (non-hydrogen) atoms. The number of carbonyl (C=O) groups is 1. The van der Waals surface area contributed by atoms with Crippen LogP contribution in [0.4, 0.5) is 0 Å². The van der Waals surface area contributed by atoms with Gasteiger partial charge in [-0.3, -0.25) is 4.79 Å². The summed E-state index contributed by atoms with van der Waals surface area (Å²) in [5.74, 6) is 2.11. The summed E-state index contributed by atoms with van der Waals surface area (Å²) in [6.07, 6.45) is 10.1. The fourth-order valence-electron chi connectivity index (χ4n) is 8.11. The highest BCUT2D eigenvalue weighted by Gasteiger charge is 2.71. The highest BCUT2D eigenvalue weighted by molar-refractivity contribution is 5.80. The van der Waals surface area contributed by atoms with E-state index in [0.29, 0.717) is 16.7 Å². The van der Waals surface area contributed by atoms with Gasteiger partial charge in [0.2, 0.25) is 0 Å². The van der Waals surface area contributed by atoms with Crippen LogP contribution >= 0.6 is 0 Å². The summed E-state index contributed by atoms with van der Waals surface area (Å²) < 4.78 is 6.01. The minimum atomic E-state index is -0.203. The predicted octanol–water partition coefficient (Wildman–Crippen LogP) is 4.49. The summed E-state index contributed by atoms with van der Waals surface area (Å²) in [6, 6.07) is 0. The fraction of sp³-hybridized carbons (Fsp3) is 0.850. The summed E-state index contributed by atoms with van der Waals surface area (Å²) in [5, 5.41) is 0. The summed E-state index contributed by atoms with van der Waals surface area (Å²) in [7, 11) is 0. The van der Waals surface area contributed by atoms with Crippen molar-refractivity contribution in [3.8, 4) is 0 Å². The van der Waals surface area contributed by atoms with E-state index in [9.17, 15) is 4.79 Å². The molecule has 0 N–H and O–H groups in total. The smallest absolute Gasteiger partial charge is 0.312 e. The molecule has 1 aliphatic heterocycles. The number of hydrogen-bond donors (Lipinski definition) is 0. The third kappa shape index (κ3) is 1.33. The van der Waals surface area contributed by atoms with Crippen LogP contribution < -0.4 is 0 Å². The van der Waals surface area contributed by atoms with Crippen LogP contribution in [0.15, 0.2) is 12.2 Å². The molecule has 2 bridgehead atoms. The van der Waals surface area contributed by atoms with Gasteiger partial charge in [0.15, 0.2) is 0 Å². The Bertz CT molecular complexity index is 580. The van der Waals surface area contributed by atoms with Gasteiger partial charge in [-0.05, 0) is 74.5 Å². The first-order valence-electron chi connectivity index (χ1n) is 9.28. The first kappa shape index (κ1) is 13.6. The molecule has 7 atom stereocenters. The van der Waals surface area contributed by atoms with Crippen LogP contribution in [0, 0.1) is 34.0 Å². The number of allylic oxidation sites excluding steroid dienone is 1. The zero-order chi connectivity index (χ0) is 15.3. The number of esters is 1. The van der Waals surface area contributed by atoms with Crippen molar-refractivity contribution in [3.63, 3.8) is 0 Å². The van der Waals surface area contributed by atoms with Gasteiger partial charge in [-0.15, -0.1) is 0 Å². The molecule has 4 saturated carbocycles. The molecule has 5 fully saturated rings. The van der Waals surface area contributed by atoms with E-state index in [2.05, 4.69) is 20.4 Å². The van der Waals surface area contributed by atoms with E-state index in [1.54, 1.807) is 0 Å². The average molecular weight is 300 g/mol. The minimum absolute atomic E-state index is 0.108. The van der Waals surface area contributed by atoms with Crippen molar-refractivity contribution in [2.24, 2.45) is 34.0 Å². The molecule has 7 unspecified atom stereocenters. The molecule has 0 aromatic heterocycles. The molecule has 1 heterocycles. The lowest BCUT2D eigenvalue weighted by atomic mass is 9.41. The van der Waals surface area contributed by atoms with Gasteiger partial charge < -0.3 is 4.74 Å². The van der Waals surface area contributed by atoms with Crippen molar-refractivity contribution in [1.82, 2.24) is 0 Å². The first-order chi connectivity index (χ1) is 10.4. The van der Waals surface area contributed by atoms with Crippen molar-refractivity contribution < 1.29 is 9.53 Å². The molecular weight excluding hydrogens is 272 g/mol. The first-order valence-corrected chi connectivity index (χ1v) is 9.28. The zero-order valence-electron chi connectivity index (χ0n) is 14.0. The Kier molecular flexibility index (Phi) is 2.36. The van der Waals surface area contributed by atoms with E-state index < -0.39 is 0 Å². The second kappa shape index (κ2) is 3.82. The van der Waals surface area contributed by atoms with Gasteiger partial charge in [0, 0.05) is 5.92 Å². The Morgan fingerprint density at radius 2 is 2.00 bits per heavy atom. The summed E-state index contributed by atoms with van der Waals surface area (Å²) in [6.45, 7) is 9.11. The average Bonchev–Trinajstić information content (AvgIpc) is 2.82. The quantitative estimate of drug-likeness (QED) is 0.486. The van der Waals surface area contributed by atoms with Crippen LogP contribution in [0.2, 0.25) is 0 Å². The number of ether oxygens (including phenoxy) is 1. The van der Waals surface area contributed by atoms with Crippen LogP contribution in [0.25, 0.3) is 0 Å². The van der Waals surface area contributed by atoms with Gasteiger partial charge in [0.05, 0.1) is 5.41 Å². The summed E-state index contributed by atoms with van der Waals surface area (Å²) in [5.41, 5.74) is 2.00. The minimum Gasteiger partial charge on any atom is -0.462 e. The Morgan fingerprint density at radius 1 is 1.18 bits per heavy atom. The molecule has 0 radical (unpaired) electrons. The normalized spacial score (nSPS) is 59.0. The molecule has 0 aromatic rings. The topological polar surface area (TPSA) is 26.3 Å². The number of carbonyl (C=O) groups excluding carboxylic acids is 1. The van der Waals surface area contributed by atoms with E-state index in [4.69, 9.17) is 4.74 Å². The Morgan fingerprint density at radius 3 is 2.82 bits per heavy atom. The molecule has 5 rings (SSSR count). The molecule has 2 heteroatoms. The van der Waals surface area contributed by atoms with Gasteiger partial charge in [-0.1, -0.05) is 25.5 Å². The molecule has 4 aliphatic carbocycles. The van der Waals surface area contributed by atoms with Gasteiger partial charge in [-0.2, -0.15) is 0 Å². The maximum atomic E-state index is 12.6. The largest absolute Gasteiger partial charge is 0.462 e. The van der Waals surface area contributed by atoms with E-state index in [-0.39, 0.29) is 17.5 Å². The van der Waals surface area contributed by atoms with Gasteiger partial charge in [-0.25, -0.2) is 0 Å². The highest BCUT2D eigenvalue weighted by atomic mass is 16.6. The Hall–Kier alpha value is -0.790. The SMILES string of the molecule is C=C1CC23CC1CCC2C1(C)CCCC2(C)C(=O)OC(C3)C21. The van der Waals surface area contributed by atoms with E-state index in [0.717, 1.165) is 24.7 Å².